The lowest BCUT2D eigenvalue weighted by Gasteiger charge is -2.34. The zero-order valence-electron chi connectivity index (χ0n) is 9.88. The van der Waals surface area contributed by atoms with Gasteiger partial charge in [0.15, 0.2) is 0 Å². The molecule has 84 valence electrons. The van der Waals surface area contributed by atoms with E-state index in [1.807, 2.05) is 13.0 Å². The van der Waals surface area contributed by atoms with Gasteiger partial charge < -0.3 is 10.5 Å². The number of ether oxygens (including phenoxy) is 1. The molecule has 0 spiro atoms. The lowest BCUT2D eigenvalue weighted by Crippen LogP contribution is -2.47. The third kappa shape index (κ3) is 4.25. The molecular weight excluding hydrogens is 174 g/mol. The van der Waals surface area contributed by atoms with E-state index in [4.69, 9.17) is 10.5 Å². The predicted octanol–water partition coefficient (Wildman–Crippen LogP) is 2.88. The second-order valence-corrected chi connectivity index (χ2v) is 3.93. The molecule has 2 unspecified atom stereocenters. The van der Waals surface area contributed by atoms with Crippen LogP contribution in [0.1, 0.15) is 46.5 Å². The second kappa shape index (κ2) is 7.02. The van der Waals surface area contributed by atoms with E-state index in [2.05, 4.69) is 20.4 Å². The van der Waals surface area contributed by atoms with Crippen LogP contribution in [0.15, 0.2) is 12.7 Å². The Balaban J connectivity index is 4.01. The Morgan fingerprint density at radius 2 is 2.14 bits per heavy atom. The third-order valence-electron chi connectivity index (χ3n) is 2.88. The molecule has 2 atom stereocenters. The van der Waals surface area contributed by atoms with Gasteiger partial charge in [0.1, 0.15) is 0 Å². The van der Waals surface area contributed by atoms with Crippen molar-refractivity contribution in [1.82, 2.24) is 0 Å². The molecule has 0 radical (unpaired) electrons. The average Bonchev–Trinajstić information content (AvgIpc) is 2.18. The van der Waals surface area contributed by atoms with Gasteiger partial charge >= 0.3 is 0 Å². The lowest BCUT2D eigenvalue weighted by atomic mass is 9.90. The third-order valence-corrected chi connectivity index (χ3v) is 2.88. The SMILES string of the molecule is C=CCCCC(N)C(C)(CC)OCC. The summed E-state index contributed by atoms with van der Waals surface area (Å²) in [5.41, 5.74) is 5.97. The monoisotopic (exact) mass is 199 g/mol. The number of nitrogens with two attached hydrogens (primary N) is 1. The van der Waals surface area contributed by atoms with Crippen LogP contribution in [0.3, 0.4) is 0 Å². The summed E-state index contributed by atoms with van der Waals surface area (Å²) in [6.45, 7) is 10.7. The van der Waals surface area contributed by atoms with Crippen LogP contribution in [-0.4, -0.2) is 18.2 Å². The quantitative estimate of drug-likeness (QED) is 0.482. The summed E-state index contributed by atoms with van der Waals surface area (Å²) >= 11 is 0. The largest absolute Gasteiger partial charge is 0.374 e. The zero-order valence-corrected chi connectivity index (χ0v) is 9.88. The first kappa shape index (κ1) is 13.7. The number of hydrogen-bond donors (Lipinski definition) is 1. The first-order chi connectivity index (χ1) is 6.60. The van der Waals surface area contributed by atoms with E-state index in [9.17, 15) is 0 Å². The highest BCUT2D eigenvalue weighted by molar-refractivity contribution is 4.86. The standard InChI is InChI=1S/C12H25NO/c1-5-8-9-10-11(13)12(4,6-2)14-7-3/h5,11H,1,6-10,13H2,2-4H3. The van der Waals surface area contributed by atoms with Crippen LogP contribution in [0.25, 0.3) is 0 Å². The fraction of sp³-hybridized carbons (Fsp3) is 0.833. The molecule has 0 saturated heterocycles. The Kier molecular flexibility index (Phi) is 6.85. The maximum atomic E-state index is 6.13. The van der Waals surface area contributed by atoms with Gasteiger partial charge in [-0.3, -0.25) is 0 Å². The molecule has 0 aromatic heterocycles. The van der Waals surface area contributed by atoms with Crippen LogP contribution in [-0.2, 0) is 4.74 Å². The normalized spacial score (nSPS) is 17.4. The minimum atomic E-state index is -0.157. The van der Waals surface area contributed by atoms with E-state index >= 15 is 0 Å². The van der Waals surface area contributed by atoms with Crippen LogP contribution in [0.4, 0.5) is 0 Å². The molecule has 0 fully saturated rings. The van der Waals surface area contributed by atoms with Gasteiger partial charge in [-0.05, 0) is 39.5 Å². The highest BCUT2D eigenvalue weighted by Gasteiger charge is 2.29. The van der Waals surface area contributed by atoms with Crippen LogP contribution in [0.2, 0.25) is 0 Å². The number of rotatable bonds is 8. The molecule has 0 bridgehead atoms. The first-order valence-corrected chi connectivity index (χ1v) is 5.61. The summed E-state index contributed by atoms with van der Waals surface area (Å²) in [4.78, 5) is 0. The molecular formula is C12H25NO. The fourth-order valence-corrected chi connectivity index (χ4v) is 1.59. The van der Waals surface area contributed by atoms with Gasteiger partial charge in [0.05, 0.1) is 5.60 Å². The van der Waals surface area contributed by atoms with Crippen molar-refractivity contribution in [3.8, 4) is 0 Å². The van der Waals surface area contributed by atoms with E-state index in [1.54, 1.807) is 0 Å². The highest BCUT2D eigenvalue weighted by Crippen LogP contribution is 2.22. The zero-order chi connectivity index (χ0) is 11.0. The van der Waals surface area contributed by atoms with Crippen LogP contribution < -0.4 is 5.73 Å². The van der Waals surface area contributed by atoms with Crippen LogP contribution in [0, 0.1) is 0 Å². The van der Waals surface area contributed by atoms with E-state index in [-0.39, 0.29) is 11.6 Å². The Morgan fingerprint density at radius 1 is 1.50 bits per heavy atom. The molecule has 0 aromatic carbocycles. The molecule has 2 heteroatoms. The van der Waals surface area contributed by atoms with Crippen LogP contribution in [0.5, 0.6) is 0 Å². The maximum absolute atomic E-state index is 6.13. The van der Waals surface area contributed by atoms with E-state index < -0.39 is 0 Å². The molecule has 0 aliphatic rings. The molecule has 0 aromatic rings. The molecule has 14 heavy (non-hydrogen) atoms. The Bertz CT molecular complexity index is 158. The van der Waals surface area contributed by atoms with Crippen molar-refractivity contribution in [1.29, 1.82) is 0 Å². The summed E-state index contributed by atoms with van der Waals surface area (Å²) in [7, 11) is 0. The predicted molar refractivity (Wildman–Crippen MR) is 62.3 cm³/mol. The van der Waals surface area contributed by atoms with Crippen molar-refractivity contribution in [2.45, 2.75) is 58.1 Å². The van der Waals surface area contributed by atoms with Gasteiger partial charge in [0.25, 0.3) is 0 Å². The van der Waals surface area contributed by atoms with Crippen molar-refractivity contribution >= 4 is 0 Å². The fourth-order valence-electron chi connectivity index (χ4n) is 1.59. The summed E-state index contributed by atoms with van der Waals surface area (Å²) < 4.78 is 5.72. The van der Waals surface area contributed by atoms with E-state index in [0.29, 0.717) is 0 Å². The Morgan fingerprint density at radius 3 is 2.57 bits per heavy atom. The van der Waals surface area contributed by atoms with E-state index in [1.165, 1.54) is 0 Å². The molecule has 0 amide bonds. The first-order valence-electron chi connectivity index (χ1n) is 5.61. The average molecular weight is 199 g/mol. The van der Waals surface area contributed by atoms with Gasteiger partial charge in [0, 0.05) is 12.6 Å². The Labute approximate surface area is 88.5 Å². The van der Waals surface area contributed by atoms with Gasteiger partial charge in [-0.15, -0.1) is 6.58 Å². The smallest absolute Gasteiger partial charge is 0.0801 e. The van der Waals surface area contributed by atoms with Crippen molar-refractivity contribution < 1.29 is 4.74 Å². The van der Waals surface area contributed by atoms with Crippen molar-refractivity contribution in [2.75, 3.05) is 6.61 Å². The minimum absolute atomic E-state index is 0.132. The topological polar surface area (TPSA) is 35.2 Å². The summed E-state index contributed by atoms with van der Waals surface area (Å²) in [5, 5.41) is 0. The number of allylic oxidation sites excluding steroid dienone is 1. The number of hydrogen-bond acceptors (Lipinski definition) is 2. The van der Waals surface area contributed by atoms with Gasteiger partial charge in [-0.25, -0.2) is 0 Å². The van der Waals surface area contributed by atoms with Gasteiger partial charge in [-0.2, -0.15) is 0 Å². The second-order valence-electron chi connectivity index (χ2n) is 3.93. The van der Waals surface area contributed by atoms with Crippen LogP contribution >= 0.6 is 0 Å². The van der Waals surface area contributed by atoms with E-state index in [0.717, 1.165) is 32.3 Å². The molecule has 2 nitrogen and oxygen atoms in total. The van der Waals surface area contributed by atoms with Crippen molar-refractivity contribution in [3.05, 3.63) is 12.7 Å². The van der Waals surface area contributed by atoms with Gasteiger partial charge in [0.2, 0.25) is 0 Å². The molecule has 0 heterocycles. The van der Waals surface area contributed by atoms with Gasteiger partial charge in [-0.1, -0.05) is 13.0 Å². The summed E-state index contributed by atoms with van der Waals surface area (Å²) in [6, 6.07) is 0.132. The lowest BCUT2D eigenvalue weighted by molar-refractivity contribution is -0.0482. The molecule has 0 aliphatic carbocycles. The Hall–Kier alpha value is -0.340. The molecule has 0 saturated carbocycles. The number of unbranched alkanes of at least 4 members (excludes halogenated alkanes) is 1. The maximum Gasteiger partial charge on any atom is 0.0801 e. The van der Waals surface area contributed by atoms with Crippen molar-refractivity contribution in [3.63, 3.8) is 0 Å². The highest BCUT2D eigenvalue weighted by atomic mass is 16.5. The molecule has 0 aliphatic heterocycles. The van der Waals surface area contributed by atoms with Crippen molar-refractivity contribution in [2.24, 2.45) is 5.73 Å². The molecule has 2 N–H and O–H groups in total. The minimum Gasteiger partial charge on any atom is -0.374 e. The summed E-state index contributed by atoms with van der Waals surface area (Å²) in [5.74, 6) is 0. The summed E-state index contributed by atoms with van der Waals surface area (Å²) in [6.07, 6.45) is 6.07. The molecule has 0 rings (SSSR count).